The van der Waals surface area contributed by atoms with Crippen LogP contribution in [0.5, 0.6) is 0 Å². The normalized spacial score (nSPS) is 27.7. The Morgan fingerprint density at radius 2 is 2.21 bits per heavy atom. The van der Waals surface area contributed by atoms with Crippen molar-refractivity contribution in [2.24, 2.45) is 17.1 Å². The molecule has 1 aliphatic carbocycles. The van der Waals surface area contributed by atoms with Crippen molar-refractivity contribution in [3.8, 4) is 0 Å². The Labute approximate surface area is 114 Å². The Bertz CT molecular complexity index is 472. The lowest BCUT2D eigenvalue weighted by Gasteiger charge is -2.44. The highest BCUT2D eigenvalue weighted by Crippen LogP contribution is 2.45. The van der Waals surface area contributed by atoms with Crippen LogP contribution in [-0.2, 0) is 4.79 Å². The quantitative estimate of drug-likeness (QED) is 0.877. The number of hydrogen-bond acceptors (Lipinski definition) is 3. The van der Waals surface area contributed by atoms with Crippen LogP contribution in [0.25, 0.3) is 0 Å². The number of amides is 1. The fourth-order valence-corrected chi connectivity index (χ4v) is 3.23. The van der Waals surface area contributed by atoms with Crippen LogP contribution in [-0.4, -0.2) is 12.5 Å². The first-order valence-electron chi connectivity index (χ1n) is 6.96. The van der Waals surface area contributed by atoms with Crippen molar-refractivity contribution >= 4 is 5.91 Å². The molecule has 0 spiro atoms. The topological polar surface area (TPSA) is 68.3 Å². The smallest absolute Gasteiger partial charge is 0.227 e. The molecule has 3 N–H and O–H groups in total. The maximum absolute atomic E-state index is 12.4. The predicted octanol–water partition coefficient (Wildman–Crippen LogP) is 2.45. The van der Waals surface area contributed by atoms with Crippen LogP contribution >= 0.6 is 0 Å². The SMILES string of the molecule is Cc1cc(C(C)NC(=O)C2(CN)CC(C)C2)c(C)o1. The number of carbonyl (C=O) groups excluding carboxylic acids is 1. The maximum atomic E-state index is 12.4. The molecule has 1 aromatic heterocycles. The third-order valence-electron chi connectivity index (χ3n) is 4.24. The zero-order valence-corrected chi connectivity index (χ0v) is 12.2. The highest BCUT2D eigenvalue weighted by Gasteiger charge is 2.47. The van der Waals surface area contributed by atoms with Gasteiger partial charge in [-0.3, -0.25) is 4.79 Å². The predicted molar refractivity (Wildman–Crippen MR) is 74.6 cm³/mol. The third kappa shape index (κ3) is 2.54. The molecular formula is C15H24N2O2. The average molecular weight is 264 g/mol. The van der Waals surface area contributed by atoms with Crippen LogP contribution in [0.1, 0.15) is 49.8 Å². The first kappa shape index (κ1) is 14.1. The van der Waals surface area contributed by atoms with E-state index in [1.54, 1.807) is 0 Å². The number of nitrogens with one attached hydrogen (secondary N) is 1. The summed E-state index contributed by atoms with van der Waals surface area (Å²) in [5, 5.41) is 3.09. The summed E-state index contributed by atoms with van der Waals surface area (Å²) in [5.41, 5.74) is 6.50. The van der Waals surface area contributed by atoms with Gasteiger partial charge in [0.1, 0.15) is 11.5 Å². The van der Waals surface area contributed by atoms with Gasteiger partial charge in [-0.25, -0.2) is 0 Å². The highest BCUT2D eigenvalue weighted by molar-refractivity contribution is 5.84. The van der Waals surface area contributed by atoms with E-state index in [2.05, 4.69) is 12.2 Å². The van der Waals surface area contributed by atoms with Gasteiger partial charge in [0.15, 0.2) is 0 Å². The molecule has 1 saturated carbocycles. The molecule has 0 bridgehead atoms. The minimum Gasteiger partial charge on any atom is -0.466 e. The molecule has 106 valence electrons. The molecule has 0 aromatic carbocycles. The first-order valence-corrected chi connectivity index (χ1v) is 6.96. The molecule has 0 aliphatic heterocycles. The molecule has 0 radical (unpaired) electrons. The number of carbonyl (C=O) groups is 1. The monoisotopic (exact) mass is 264 g/mol. The summed E-state index contributed by atoms with van der Waals surface area (Å²) in [6.07, 6.45) is 1.79. The molecule has 2 rings (SSSR count). The Morgan fingerprint density at radius 3 is 2.63 bits per heavy atom. The van der Waals surface area contributed by atoms with Crippen molar-refractivity contribution in [1.29, 1.82) is 0 Å². The molecule has 1 unspecified atom stereocenters. The zero-order valence-electron chi connectivity index (χ0n) is 12.2. The van der Waals surface area contributed by atoms with E-state index in [0.717, 1.165) is 29.9 Å². The van der Waals surface area contributed by atoms with E-state index in [9.17, 15) is 4.79 Å². The minimum absolute atomic E-state index is 0.0377. The molecule has 1 fully saturated rings. The Hall–Kier alpha value is -1.29. The van der Waals surface area contributed by atoms with Crippen LogP contribution in [0.3, 0.4) is 0 Å². The van der Waals surface area contributed by atoms with Gasteiger partial charge in [-0.15, -0.1) is 0 Å². The lowest BCUT2D eigenvalue weighted by molar-refractivity contribution is -0.138. The van der Waals surface area contributed by atoms with Crippen molar-refractivity contribution in [1.82, 2.24) is 5.32 Å². The van der Waals surface area contributed by atoms with Crippen LogP contribution in [0, 0.1) is 25.2 Å². The van der Waals surface area contributed by atoms with Crippen LogP contribution in [0.15, 0.2) is 10.5 Å². The van der Waals surface area contributed by atoms with E-state index < -0.39 is 0 Å². The van der Waals surface area contributed by atoms with Crippen LogP contribution < -0.4 is 11.1 Å². The van der Waals surface area contributed by atoms with E-state index in [0.29, 0.717) is 12.5 Å². The van der Waals surface area contributed by atoms with E-state index in [-0.39, 0.29) is 17.4 Å². The summed E-state index contributed by atoms with van der Waals surface area (Å²) >= 11 is 0. The van der Waals surface area contributed by atoms with Crippen molar-refractivity contribution in [3.63, 3.8) is 0 Å². The van der Waals surface area contributed by atoms with Gasteiger partial charge in [-0.1, -0.05) is 6.92 Å². The largest absolute Gasteiger partial charge is 0.466 e. The summed E-state index contributed by atoms with van der Waals surface area (Å²) in [7, 11) is 0. The fraction of sp³-hybridized carbons (Fsp3) is 0.667. The van der Waals surface area contributed by atoms with E-state index in [1.807, 2.05) is 26.8 Å². The second-order valence-electron chi connectivity index (χ2n) is 6.06. The molecule has 1 heterocycles. The number of aryl methyl sites for hydroxylation is 2. The first-order chi connectivity index (χ1) is 8.88. The van der Waals surface area contributed by atoms with Gasteiger partial charge in [-0.05, 0) is 45.6 Å². The highest BCUT2D eigenvalue weighted by atomic mass is 16.3. The van der Waals surface area contributed by atoms with Crippen molar-refractivity contribution in [2.45, 2.75) is 46.6 Å². The Balaban J connectivity index is 2.05. The number of nitrogens with two attached hydrogens (primary N) is 1. The maximum Gasteiger partial charge on any atom is 0.227 e. The lowest BCUT2D eigenvalue weighted by Crippen LogP contribution is -2.53. The second-order valence-corrected chi connectivity index (χ2v) is 6.06. The van der Waals surface area contributed by atoms with Crippen LogP contribution in [0.4, 0.5) is 0 Å². The second kappa shape index (κ2) is 5.00. The standard InChI is InChI=1S/C15H24N2O2/c1-9-6-15(7-9,8-16)14(18)17-11(3)13-5-10(2)19-12(13)4/h5,9,11H,6-8,16H2,1-4H3,(H,17,18). The third-order valence-corrected chi connectivity index (χ3v) is 4.24. The van der Waals surface area contributed by atoms with Crippen molar-refractivity contribution in [3.05, 3.63) is 23.2 Å². The van der Waals surface area contributed by atoms with Gasteiger partial charge in [0.2, 0.25) is 5.91 Å². The molecule has 19 heavy (non-hydrogen) atoms. The van der Waals surface area contributed by atoms with Gasteiger partial charge >= 0.3 is 0 Å². The van der Waals surface area contributed by atoms with Gasteiger partial charge in [0, 0.05) is 12.1 Å². The van der Waals surface area contributed by atoms with E-state index in [1.165, 1.54) is 0 Å². The lowest BCUT2D eigenvalue weighted by atomic mass is 9.62. The molecule has 1 aromatic rings. The van der Waals surface area contributed by atoms with Crippen molar-refractivity contribution < 1.29 is 9.21 Å². The summed E-state index contributed by atoms with van der Waals surface area (Å²) < 4.78 is 5.51. The summed E-state index contributed by atoms with van der Waals surface area (Å²) in [6.45, 7) is 8.42. The summed E-state index contributed by atoms with van der Waals surface area (Å²) in [5.74, 6) is 2.43. The van der Waals surface area contributed by atoms with E-state index in [4.69, 9.17) is 10.2 Å². The summed E-state index contributed by atoms with van der Waals surface area (Å²) in [4.78, 5) is 12.4. The number of hydrogen-bond donors (Lipinski definition) is 2. The zero-order chi connectivity index (χ0) is 14.2. The number of rotatable bonds is 4. The van der Waals surface area contributed by atoms with E-state index >= 15 is 0 Å². The van der Waals surface area contributed by atoms with Gasteiger partial charge in [-0.2, -0.15) is 0 Å². The van der Waals surface area contributed by atoms with Gasteiger partial charge < -0.3 is 15.5 Å². The molecule has 4 nitrogen and oxygen atoms in total. The molecule has 4 heteroatoms. The average Bonchev–Trinajstić information content (AvgIpc) is 2.63. The Kier molecular flexibility index (Phi) is 3.72. The van der Waals surface area contributed by atoms with Crippen LogP contribution in [0.2, 0.25) is 0 Å². The summed E-state index contributed by atoms with van der Waals surface area (Å²) in [6, 6.07) is 1.95. The molecule has 1 amide bonds. The van der Waals surface area contributed by atoms with Gasteiger partial charge in [0.25, 0.3) is 0 Å². The molecular weight excluding hydrogens is 240 g/mol. The molecule has 0 saturated heterocycles. The van der Waals surface area contributed by atoms with Gasteiger partial charge in [0.05, 0.1) is 11.5 Å². The minimum atomic E-state index is -0.347. The fourth-order valence-electron chi connectivity index (χ4n) is 3.23. The van der Waals surface area contributed by atoms with Crippen molar-refractivity contribution in [2.75, 3.05) is 6.54 Å². The molecule has 1 atom stereocenters. The number of furan rings is 1. The Morgan fingerprint density at radius 1 is 1.58 bits per heavy atom. The molecule has 1 aliphatic rings.